The van der Waals surface area contributed by atoms with E-state index in [0.29, 0.717) is 31.9 Å². The Kier molecular flexibility index (Phi) is 5.84. The highest BCUT2D eigenvalue weighted by atomic mass is 16.5. The van der Waals surface area contributed by atoms with Crippen molar-refractivity contribution in [2.75, 3.05) is 38.6 Å². The average molecular weight is 457 g/mol. The van der Waals surface area contributed by atoms with Crippen molar-refractivity contribution >= 4 is 23.2 Å². The monoisotopic (exact) mass is 456 g/mol. The summed E-state index contributed by atoms with van der Waals surface area (Å²) in [6.45, 7) is 6.61. The van der Waals surface area contributed by atoms with Gasteiger partial charge in [-0.1, -0.05) is 23.8 Å². The molecule has 7 nitrogen and oxygen atoms in total. The quantitative estimate of drug-likeness (QED) is 0.565. The second kappa shape index (κ2) is 9.09. The van der Waals surface area contributed by atoms with Crippen molar-refractivity contribution in [2.24, 2.45) is 4.99 Å². The van der Waals surface area contributed by atoms with Crippen LogP contribution >= 0.6 is 0 Å². The number of fused-ring (bicyclic) bond motifs is 2. The van der Waals surface area contributed by atoms with Crippen LogP contribution in [-0.2, 0) is 0 Å². The van der Waals surface area contributed by atoms with Gasteiger partial charge in [-0.3, -0.25) is 0 Å². The maximum Gasteiger partial charge on any atom is 0.321 e. The summed E-state index contributed by atoms with van der Waals surface area (Å²) in [7, 11) is 1.65. The zero-order chi connectivity index (χ0) is 23.7. The number of piperazine rings is 1. The van der Waals surface area contributed by atoms with Crippen LogP contribution in [-0.4, -0.2) is 55.0 Å². The molecule has 174 valence electrons. The molecule has 5 rings (SSSR count). The molecule has 0 saturated carbocycles. The minimum absolute atomic E-state index is 0.0828. The third-order valence-electron chi connectivity index (χ3n) is 6.16. The summed E-state index contributed by atoms with van der Waals surface area (Å²) >= 11 is 0. The van der Waals surface area contributed by atoms with Crippen LogP contribution < -0.4 is 14.8 Å². The van der Waals surface area contributed by atoms with Gasteiger partial charge in [-0.2, -0.15) is 0 Å². The van der Waals surface area contributed by atoms with E-state index in [4.69, 9.17) is 14.5 Å². The highest BCUT2D eigenvalue weighted by Crippen LogP contribution is 2.40. The molecular weight excluding hydrogens is 428 g/mol. The standard InChI is InChI=1S/C27H28N4O3/c1-18-4-7-20(8-5-18)28-27(32)31-14-12-30(13-15-31)26-22-10-9-21(33-3)17-24(22)34-25-16-19(2)6-11-23(25)29-26/h4-11,16-17H,12-15H2,1-3H3,(H,28,32). The van der Waals surface area contributed by atoms with Gasteiger partial charge in [-0.15, -0.1) is 0 Å². The van der Waals surface area contributed by atoms with Crippen molar-refractivity contribution < 1.29 is 14.3 Å². The number of aliphatic imine (C=N–C) groups is 1. The van der Waals surface area contributed by atoms with Gasteiger partial charge in [0, 0.05) is 37.9 Å². The first-order valence-electron chi connectivity index (χ1n) is 11.4. The topological polar surface area (TPSA) is 66.4 Å². The van der Waals surface area contributed by atoms with Gasteiger partial charge in [0.25, 0.3) is 0 Å². The number of nitrogens with one attached hydrogen (secondary N) is 1. The molecule has 2 aliphatic rings. The Bertz CT molecular complexity index is 1250. The van der Waals surface area contributed by atoms with E-state index in [9.17, 15) is 4.79 Å². The highest BCUT2D eigenvalue weighted by Gasteiger charge is 2.28. The summed E-state index contributed by atoms with van der Waals surface area (Å²) in [6, 6.07) is 19.6. The predicted octanol–water partition coefficient (Wildman–Crippen LogP) is 5.35. The second-order valence-corrected chi connectivity index (χ2v) is 8.64. The van der Waals surface area contributed by atoms with Crippen LogP contribution in [0.4, 0.5) is 16.2 Å². The minimum Gasteiger partial charge on any atom is -0.497 e. The van der Waals surface area contributed by atoms with E-state index in [-0.39, 0.29) is 6.03 Å². The van der Waals surface area contributed by atoms with Crippen molar-refractivity contribution in [3.63, 3.8) is 0 Å². The number of hydrogen-bond donors (Lipinski definition) is 1. The molecule has 34 heavy (non-hydrogen) atoms. The summed E-state index contributed by atoms with van der Waals surface area (Å²) in [5.74, 6) is 3.01. The lowest BCUT2D eigenvalue weighted by Crippen LogP contribution is -2.51. The number of anilines is 1. The number of nitrogens with zero attached hydrogens (tertiary/aromatic N) is 3. The maximum atomic E-state index is 12.8. The second-order valence-electron chi connectivity index (χ2n) is 8.64. The number of carbonyl (C=O) groups excluding carboxylic acids is 1. The summed E-state index contributed by atoms with van der Waals surface area (Å²) in [5, 5.41) is 2.99. The molecule has 3 aromatic carbocycles. The fourth-order valence-corrected chi connectivity index (χ4v) is 4.19. The Hall–Kier alpha value is -4.00. The predicted molar refractivity (Wildman–Crippen MR) is 134 cm³/mol. The van der Waals surface area contributed by atoms with Crippen LogP contribution in [0.5, 0.6) is 17.2 Å². The number of ether oxygens (including phenoxy) is 2. The van der Waals surface area contributed by atoms with Gasteiger partial charge in [0.15, 0.2) is 5.75 Å². The maximum absolute atomic E-state index is 12.8. The smallest absolute Gasteiger partial charge is 0.321 e. The van der Waals surface area contributed by atoms with E-state index in [1.807, 2.05) is 79.4 Å². The van der Waals surface area contributed by atoms with Crippen LogP contribution in [0.25, 0.3) is 0 Å². The summed E-state index contributed by atoms with van der Waals surface area (Å²) in [6.07, 6.45) is 0. The number of carbonyl (C=O) groups is 1. The zero-order valence-corrected chi connectivity index (χ0v) is 19.7. The first-order chi connectivity index (χ1) is 16.5. The van der Waals surface area contributed by atoms with Crippen LogP contribution in [0.1, 0.15) is 16.7 Å². The summed E-state index contributed by atoms with van der Waals surface area (Å²) in [5.41, 5.74) is 4.77. The molecule has 1 N–H and O–H groups in total. The van der Waals surface area contributed by atoms with Crippen molar-refractivity contribution in [1.29, 1.82) is 0 Å². The molecule has 3 aromatic rings. The van der Waals surface area contributed by atoms with Crippen LogP contribution in [0, 0.1) is 13.8 Å². The van der Waals surface area contributed by atoms with Gasteiger partial charge in [-0.05, 0) is 55.8 Å². The highest BCUT2D eigenvalue weighted by molar-refractivity contribution is 6.04. The molecule has 0 aromatic heterocycles. The van der Waals surface area contributed by atoms with E-state index in [0.717, 1.165) is 45.4 Å². The van der Waals surface area contributed by atoms with Crippen molar-refractivity contribution in [1.82, 2.24) is 9.80 Å². The Balaban J connectivity index is 1.37. The number of benzene rings is 3. The van der Waals surface area contributed by atoms with Crippen LogP contribution in [0.2, 0.25) is 0 Å². The van der Waals surface area contributed by atoms with Crippen LogP contribution in [0.3, 0.4) is 0 Å². The van der Waals surface area contributed by atoms with Crippen molar-refractivity contribution in [2.45, 2.75) is 13.8 Å². The Morgan fingerprint density at radius 2 is 1.65 bits per heavy atom. The molecule has 0 radical (unpaired) electrons. The molecule has 2 aliphatic heterocycles. The lowest BCUT2D eigenvalue weighted by Gasteiger charge is -2.36. The first kappa shape index (κ1) is 21.8. The van der Waals surface area contributed by atoms with Gasteiger partial charge in [0.2, 0.25) is 0 Å². The Morgan fingerprint density at radius 1 is 0.912 bits per heavy atom. The van der Waals surface area contributed by atoms with E-state index in [1.165, 1.54) is 0 Å². The molecule has 1 fully saturated rings. The van der Waals surface area contributed by atoms with Gasteiger partial charge < -0.3 is 24.6 Å². The molecular formula is C27H28N4O3. The van der Waals surface area contributed by atoms with E-state index >= 15 is 0 Å². The lowest BCUT2D eigenvalue weighted by atomic mass is 10.1. The summed E-state index contributed by atoms with van der Waals surface area (Å²) < 4.78 is 11.7. The lowest BCUT2D eigenvalue weighted by molar-refractivity contribution is 0.181. The molecule has 0 aliphatic carbocycles. The minimum atomic E-state index is -0.0828. The van der Waals surface area contributed by atoms with E-state index in [2.05, 4.69) is 10.2 Å². The largest absolute Gasteiger partial charge is 0.497 e. The van der Waals surface area contributed by atoms with E-state index in [1.54, 1.807) is 7.11 Å². The third-order valence-corrected chi connectivity index (χ3v) is 6.16. The molecule has 1 saturated heterocycles. The van der Waals surface area contributed by atoms with Gasteiger partial charge in [-0.25, -0.2) is 9.79 Å². The Morgan fingerprint density at radius 3 is 2.38 bits per heavy atom. The number of rotatable bonds is 2. The van der Waals surface area contributed by atoms with Crippen LogP contribution in [0.15, 0.2) is 65.7 Å². The SMILES string of the molecule is COc1ccc2c(c1)Oc1cc(C)ccc1N=C2N1CCN(C(=O)Nc2ccc(C)cc2)CC1. The molecule has 2 amide bonds. The molecule has 0 bridgehead atoms. The fourth-order valence-electron chi connectivity index (χ4n) is 4.19. The van der Waals surface area contributed by atoms with E-state index < -0.39 is 0 Å². The summed E-state index contributed by atoms with van der Waals surface area (Å²) in [4.78, 5) is 21.9. The molecule has 2 heterocycles. The third kappa shape index (κ3) is 4.41. The normalized spacial score (nSPS) is 14.9. The zero-order valence-electron chi connectivity index (χ0n) is 19.7. The fraction of sp³-hybridized carbons (Fsp3) is 0.259. The molecule has 0 spiro atoms. The first-order valence-corrected chi connectivity index (χ1v) is 11.4. The van der Waals surface area contributed by atoms with Gasteiger partial charge in [0.1, 0.15) is 23.0 Å². The number of amidine groups is 1. The number of hydrogen-bond acceptors (Lipinski definition) is 5. The molecule has 0 unspecified atom stereocenters. The van der Waals surface area contributed by atoms with Crippen molar-refractivity contribution in [3.05, 3.63) is 77.4 Å². The number of amides is 2. The molecule has 7 heteroatoms. The number of urea groups is 1. The number of methoxy groups -OCH3 is 1. The molecule has 0 atom stereocenters. The Labute approximate surface area is 199 Å². The average Bonchev–Trinajstić information content (AvgIpc) is 3.01. The number of aryl methyl sites for hydroxylation is 2. The van der Waals surface area contributed by atoms with Gasteiger partial charge in [0.05, 0.1) is 12.7 Å². The van der Waals surface area contributed by atoms with Gasteiger partial charge >= 0.3 is 6.03 Å². The van der Waals surface area contributed by atoms with Crippen molar-refractivity contribution in [3.8, 4) is 17.2 Å².